The average Bonchev–Trinajstić information content (AvgIpc) is 0.794. The van der Waals surface area contributed by atoms with Crippen molar-refractivity contribution in [3.63, 3.8) is 0 Å². The zero-order valence-electron chi connectivity index (χ0n) is 71.6. The van der Waals surface area contributed by atoms with Crippen LogP contribution in [0, 0.1) is 78.4 Å². The average molecular weight is 1880 g/mol. The monoisotopic (exact) mass is 1870 g/mol. The molecule has 4 aliphatic heterocycles. The molecule has 8 atom stereocenters. The summed E-state index contributed by atoms with van der Waals surface area (Å²) >= 11 is 50.4. The minimum atomic E-state index is -0.649. The molecule has 4 saturated heterocycles. The van der Waals surface area contributed by atoms with E-state index in [4.69, 9.17) is 115 Å². The number of terminal acetylenes is 1. The number of nitriles is 4. The Morgan fingerprint density at radius 3 is 0.775 bits per heavy atom. The van der Waals surface area contributed by atoms with Gasteiger partial charge >= 0.3 is 0 Å². The Morgan fingerprint density at radius 1 is 0.287 bits per heavy atom. The molecule has 16 nitrogen and oxygen atoms in total. The highest BCUT2D eigenvalue weighted by Gasteiger charge is 2.36. The first-order valence-corrected chi connectivity index (χ1v) is 45.6. The molecule has 0 radical (unpaired) electrons. The van der Waals surface area contributed by atoms with Crippen LogP contribution < -0.4 is 19.6 Å². The summed E-state index contributed by atoms with van der Waals surface area (Å²) in [6, 6.07) is 93.2. The van der Waals surface area contributed by atoms with Crippen LogP contribution in [0.3, 0.4) is 0 Å². The number of hydrogen-bond acceptors (Lipinski definition) is 16. The van der Waals surface area contributed by atoms with Crippen LogP contribution in [0.2, 0.25) is 40.2 Å². The number of benzene rings is 12. The highest BCUT2D eigenvalue weighted by molar-refractivity contribution is 6.34. The van der Waals surface area contributed by atoms with Crippen LogP contribution >= 0.6 is 92.8 Å². The highest BCUT2D eigenvalue weighted by atomic mass is 35.5. The molecule has 0 aromatic heterocycles. The van der Waals surface area contributed by atoms with Gasteiger partial charge in [0.25, 0.3) is 0 Å². The third-order valence-corrected chi connectivity index (χ3v) is 26.1. The minimum absolute atomic E-state index is 0.0130. The van der Waals surface area contributed by atoms with Crippen LogP contribution in [0.5, 0.6) is 0 Å². The van der Waals surface area contributed by atoms with Gasteiger partial charge in [-0.3, -0.25) is 19.6 Å². The minimum Gasteiger partial charge on any atom is -0.387 e. The first-order valence-electron chi connectivity index (χ1n) is 42.6. The van der Waals surface area contributed by atoms with Crippen molar-refractivity contribution in [2.24, 2.45) is 0 Å². The Labute approximate surface area is 796 Å². The van der Waals surface area contributed by atoms with E-state index in [2.05, 4.69) is 118 Å². The number of hydrogen-bond donors (Lipinski definition) is 4. The van der Waals surface area contributed by atoms with Gasteiger partial charge in [0, 0.05) is 135 Å². The van der Waals surface area contributed by atoms with E-state index in [1.165, 1.54) is 5.56 Å². The molecule has 12 aromatic rings. The lowest BCUT2D eigenvalue weighted by Crippen LogP contribution is -2.49. The van der Waals surface area contributed by atoms with Gasteiger partial charge < -0.3 is 40.0 Å². The van der Waals surface area contributed by atoms with E-state index < -0.39 is 24.4 Å². The SMILES string of the molecule is C#Cc1ccc(N2CCN(CC(O)c3ccc(C#N)cc3)CC2c2ccc(Cl)cc2)c(Cl)c1.Cc1ccc(N2CCN(CC(O)c3ccc(C#N)cc3)CC2c2ccc(Cl)cc2)c(C#N)c1.Cc1ccc(N2CCN(CC(O)c3ccc(C#N)cc3)CC2c2ccc(Cl)cc2)c(Cl)c1.Cc1ccc(N2CCN(CC(O)c3ccc(Cl)cc3)CC2c2ccc(Cl)cc2)c(Cl)c1. The van der Waals surface area contributed by atoms with E-state index in [1.807, 2.05) is 203 Å². The van der Waals surface area contributed by atoms with Gasteiger partial charge in [-0.15, -0.1) is 6.42 Å². The lowest BCUT2D eigenvalue weighted by molar-refractivity contribution is 0.100. The Bertz CT molecular complexity index is 5990. The van der Waals surface area contributed by atoms with Gasteiger partial charge in [-0.05, 0) is 234 Å². The van der Waals surface area contributed by atoms with Gasteiger partial charge in [0.05, 0.1) is 127 Å². The summed E-state index contributed by atoms with van der Waals surface area (Å²) in [4.78, 5) is 18.4. The molecule has 4 N–H and O–H groups in total. The molecule has 16 rings (SSSR count). The maximum absolute atomic E-state index is 10.8. The molecule has 0 aliphatic carbocycles. The Balaban J connectivity index is 0.000000147. The molecule has 8 unspecified atom stereocenters. The standard InChI is InChI=1S/C27H23Cl2N3O.C27H25ClN4O.C26H25Cl2N3O.C25H25Cl3N2O/c1-2-19-5-12-25(24(29)15-19)32-14-13-31(17-26(32)21-8-10-23(28)11-9-21)18-27(33)22-6-3-20(16-30)4-7-22;1-19-2-11-25(23(14-19)16-30)32-13-12-31(17-26(32)21-7-9-24(28)10-8-21)18-27(33)22-5-3-20(15-29)4-6-22;1-18-2-11-24(23(28)14-18)31-13-12-30(16-25(31)20-7-9-22(27)10-8-20)17-26(32)21-5-3-19(15-29)4-6-21;1-17-2-11-23(22(28)14-17)30-13-12-29(15-24(30)18-3-7-20(26)8-4-18)16-25(31)19-5-9-21(27)10-6-19/h1,3-12,15,26-27,33H,13-14,17-18H2;2-11,14,26-27,33H,12-13,17-18H2,1H3;2-11,14,25-26,32H,12-13,16-17H2,1H3;2-11,14,24-25,31H,12-13,15-16H2,1H3. The van der Waals surface area contributed by atoms with Crippen molar-refractivity contribution in [1.82, 2.24) is 19.6 Å². The summed E-state index contributed by atoms with van der Waals surface area (Å²) in [5.74, 6) is 2.63. The zero-order valence-corrected chi connectivity index (χ0v) is 77.6. The second-order valence-electron chi connectivity index (χ2n) is 32.8. The van der Waals surface area contributed by atoms with Crippen molar-refractivity contribution in [2.75, 3.05) is 124 Å². The first-order chi connectivity index (χ1) is 62.3. The number of aryl methyl sites for hydroxylation is 3. The summed E-state index contributed by atoms with van der Waals surface area (Å²) in [6.07, 6.45) is 3.04. The summed E-state index contributed by atoms with van der Waals surface area (Å²) in [5, 5.41) is 85.6. The fourth-order valence-corrected chi connectivity index (χ4v) is 18.6. The van der Waals surface area contributed by atoms with Crippen molar-refractivity contribution in [3.8, 4) is 36.6 Å². The fourth-order valence-electron chi connectivity index (χ4n) is 17.0. The van der Waals surface area contributed by atoms with Gasteiger partial charge in [0.2, 0.25) is 0 Å². The number of nitrogens with zero attached hydrogens (tertiary/aromatic N) is 12. The summed E-state index contributed by atoms with van der Waals surface area (Å²) in [7, 11) is 0. The van der Waals surface area contributed by atoms with Crippen LogP contribution in [0.4, 0.5) is 22.7 Å². The lowest BCUT2D eigenvalue weighted by atomic mass is 9.98. The van der Waals surface area contributed by atoms with Gasteiger partial charge in [-0.25, -0.2) is 0 Å². The van der Waals surface area contributed by atoms with Crippen molar-refractivity contribution in [1.29, 1.82) is 21.0 Å². The van der Waals surface area contributed by atoms with E-state index in [1.54, 1.807) is 36.4 Å². The normalized spacial score (nSPS) is 17.6. The van der Waals surface area contributed by atoms with E-state index in [9.17, 15) is 25.7 Å². The molecule has 4 fully saturated rings. The molecule has 12 aromatic carbocycles. The zero-order chi connectivity index (χ0) is 91.4. The van der Waals surface area contributed by atoms with Crippen LogP contribution in [-0.2, 0) is 0 Å². The number of β-amino-alcohol motifs (C(OH)–C–C–N with tert-alkyl or cyclic N) is 4. The molecule has 658 valence electrons. The van der Waals surface area contributed by atoms with Gasteiger partial charge in [0.1, 0.15) is 6.07 Å². The molecule has 0 amide bonds. The maximum Gasteiger partial charge on any atom is 0.101 e. The number of aliphatic hydroxyl groups excluding tert-OH is 4. The van der Waals surface area contributed by atoms with Crippen molar-refractivity contribution in [3.05, 3.63) is 396 Å². The van der Waals surface area contributed by atoms with Crippen molar-refractivity contribution >= 4 is 116 Å². The fraction of sp³-hybridized carbons (Fsp3) is 0.257. The molecule has 4 heterocycles. The first kappa shape index (κ1) is 95.9. The van der Waals surface area contributed by atoms with Gasteiger partial charge in [-0.2, -0.15) is 21.0 Å². The quantitative estimate of drug-likeness (QED) is 0.0524. The Kier molecular flexibility index (Phi) is 34.0. The lowest BCUT2D eigenvalue weighted by Gasteiger charge is -2.44. The van der Waals surface area contributed by atoms with Crippen LogP contribution in [-0.4, -0.2) is 145 Å². The second-order valence-corrected chi connectivity index (χ2v) is 36.2. The van der Waals surface area contributed by atoms with Gasteiger partial charge in [0.15, 0.2) is 0 Å². The molecule has 129 heavy (non-hydrogen) atoms. The molecule has 0 bridgehead atoms. The third kappa shape index (κ3) is 25.5. The summed E-state index contributed by atoms with van der Waals surface area (Å²) in [6.45, 7) is 17.3. The predicted octanol–water partition coefficient (Wildman–Crippen LogP) is 22.8. The molecule has 0 spiro atoms. The third-order valence-electron chi connectivity index (χ3n) is 24.0. The Hall–Kier alpha value is -10.6. The number of rotatable bonds is 20. The molecule has 24 heteroatoms. The summed E-state index contributed by atoms with van der Waals surface area (Å²) in [5.41, 5.74) is 18.2. The Morgan fingerprint density at radius 2 is 0.519 bits per heavy atom. The van der Waals surface area contributed by atoms with Crippen LogP contribution in [0.1, 0.15) is 138 Å². The number of piperazine rings is 4. The van der Waals surface area contributed by atoms with E-state index in [0.717, 1.165) is 164 Å². The maximum atomic E-state index is 10.8. The molecular formula is C105H98Cl8N12O4. The number of anilines is 4. The smallest absolute Gasteiger partial charge is 0.101 e. The van der Waals surface area contributed by atoms with E-state index in [0.29, 0.717) is 86.6 Å². The van der Waals surface area contributed by atoms with Crippen LogP contribution in [0.25, 0.3) is 0 Å². The molecule has 0 saturated carbocycles. The van der Waals surface area contributed by atoms with Crippen molar-refractivity contribution < 1.29 is 20.4 Å². The van der Waals surface area contributed by atoms with E-state index in [-0.39, 0.29) is 24.2 Å². The number of aliphatic hydroxyl groups is 4. The highest BCUT2D eigenvalue weighted by Crippen LogP contribution is 2.42. The second kappa shape index (κ2) is 45.8. The largest absolute Gasteiger partial charge is 0.387 e. The topological polar surface area (TPSA) is 202 Å². The van der Waals surface area contributed by atoms with Crippen molar-refractivity contribution in [2.45, 2.75) is 69.4 Å². The predicted molar refractivity (Wildman–Crippen MR) is 524 cm³/mol. The molecular weight excluding hydrogens is 1780 g/mol. The molecule has 4 aliphatic rings. The van der Waals surface area contributed by atoms with E-state index >= 15 is 0 Å². The summed E-state index contributed by atoms with van der Waals surface area (Å²) < 4.78 is 0. The number of halogens is 8. The van der Waals surface area contributed by atoms with Gasteiger partial charge in [-0.1, -0.05) is 214 Å². The van der Waals surface area contributed by atoms with Crippen LogP contribution in [0.15, 0.2) is 267 Å².